The van der Waals surface area contributed by atoms with Gasteiger partial charge in [0.15, 0.2) is 0 Å². The lowest BCUT2D eigenvalue weighted by molar-refractivity contribution is 1.11. The maximum Gasteiger partial charge on any atom is 0.116 e. The number of hydrogen-bond donors (Lipinski definition) is 0. The first-order chi connectivity index (χ1) is 6.81. The summed E-state index contributed by atoms with van der Waals surface area (Å²) in [4.78, 5) is 8.60. The van der Waals surface area contributed by atoms with Crippen molar-refractivity contribution in [1.29, 1.82) is 0 Å². The van der Waals surface area contributed by atoms with Gasteiger partial charge in [-0.15, -0.1) is 0 Å². The summed E-state index contributed by atoms with van der Waals surface area (Å²) in [6.07, 6.45) is 5.63. The maximum absolute atomic E-state index is 4.51. The Kier molecular flexibility index (Phi) is 1.53. The van der Waals surface area contributed by atoms with Crippen LogP contribution in [0.4, 0.5) is 5.69 Å². The zero-order chi connectivity index (χ0) is 9.60. The quantitative estimate of drug-likeness (QED) is 0.629. The van der Waals surface area contributed by atoms with Crippen molar-refractivity contribution in [2.24, 2.45) is 9.98 Å². The van der Waals surface area contributed by atoms with E-state index in [9.17, 15) is 0 Å². The third kappa shape index (κ3) is 0.904. The zero-order valence-electron chi connectivity index (χ0n) is 7.31. The average molecular weight is 247 g/mol. The van der Waals surface area contributed by atoms with E-state index in [1.807, 2.05) is 24.3 Å². The summed E-state index contributed by atoms with van der Waals surface area (Å²) in [5.74, 6) is 0. The molecule has 0 amide bonds. The Labute approximate surface area is 90.2 Å². The molecule has 0 saturated carbocycles. The highest BCUT2D eigenvalue weighted by Gasteiger charge is 2.39. The minimum absolute atomic E-state index is 0.245. The van der Waals surface area contributed by atoms with Gasteiger partial charge in [-0.05, 0) is 12.1 Å². The number of para-hydroxylation sites is 1. The molecule has 2 aliphatic heterocycles. The Balaban J connectivity index is 2.30. The third-order valence-electron chi connectivity index (χ3n) is 2.50. The van der Waals surface area contributed by atoms with E-state index in [4.69, 9.17) is 0 Å². The second-order valence-corrected chi connectivity index (χ2v) is 4.57. The van der Waals surface area contributed by atoms with E-state index in [0.717, 1.165) is 11.4 Å². The van der Waals surface area contributed by atoms with Crippen LogP contribution in [0.15, 0.2) is 46.5 Å². The van der Waals surface area contributed by atoms with Gasteiger partial charge < -0.3 is 0 Å². The van der Waals surface area contributed by atoms with Crippen LogP contribution in [0.3, 0.4) is 0 Å². The summed E-state index contributed by atoms with van der Waals surface area (Å²) in [6, 6.07) is 8.13. The number of halogens is 1. The van der Waals surface area contributed by atoms with E-state index in [1.165, 1.54) is 5.56 Å². The molecule has 2 nitrogen and oxygen atoms in total. The van der Waals surface area contributed by atoms with E-state index in [0.29, 0.717) is 0 Å². The molecule has 1 aromatic rings. The lowest BCUT2D eigenvalue weighted by atomic mass is 9.95. The van der Waals surface area contributed by atoms with Crippen LogP contribution in [0.2, 0.25) is 0 Å². The Morgan fingerprint density at radius 1 is 1.21 bits per heavy atom. The number of benzene rings is 1. The van der Waals surface area contributed by atoms with Crippen molar-refractivity contribution < 1.29 is 0 Å². The van der Waals surface area contributed by atoms with E-state index in [2.05, 4.69) is 32.0 Å². The zero-order valence-corrected chi connectivity index (χ0v) is 8.90. The van der Waals surface area contributed by atoms with Crippen molar-refractivity contribution in [3.63, 3.8) is 0 Å². The van der Waals surface area contributed by atoms with Crippen molar-refractivity contribution in [1.82, 2.24) is 0 Å². The summed E-state index contributed by atoms with van der Waals surface area (Å²) < 4.78 is -0.245. The summed E-state index contributed by atoms with van der Waals surface area (Å²) in [7, 11) is 0. The molecule has 2 heterocycles. The first-order valence-electron chi connectivity index (χ1n) is 4.39. The van der Waals surface area contributed by atoms with Crippen molar-refractivity contribution in [3.8, 4) is 0 Å². The summed E-state index contributed by atoms with van der Waals surface area (Å²) >= 11 is 3.71. The van der Waals surface area contributed by atoms with Gasteiger partial charge in [0.2, 0.25) is 0 Å². The molecule has 1 aromatic carbocycles. The predicted molar refractivity (Wildman–Crippen MR) is 61.8 cm³/mol. The number of hydrogen-bond acceptors (Lipinski definition) is 2. The minimum Gasteiger partial charge on any atom is -0.263 e. The SMILES string of the molecule is BrC12C=CN=CC1=Nc1ccccc12. The molecule has 2 aliphatic rings. The molecule has 0 N–H and O–H groups in total. The Bertz CT molecular complexity index is 488. The maximum atomic E-state index is 4.51. The lowest BCUT2D eigenvalue weighted by Gasteiger charge is -2.20. The van der Waals surface area contributed by atoms with Gasteiger partial charge in [-0.2, -0.15) is 0 Å². The molecular formula is C11H7BrN2. The number of fused-ring (bicyclic) bond motifs is 3. The van der Waals surface area contributed by atoms with E-state index < -0.39 is 0 Å². The van der Waals surface area contributed by atoms with E-state index in [1.54, 1.807) is 12.4 Å². The molecule has 14 heavy (non-hydrogen) atoms. The molecular weight excluding hydrogens is 240 g/mol. The molecule has 0 aromatic heterocycles. The van der Waals surface area contributed by atoms with Crippen LogP contribution >= 0.6 is 15.9 Å². The van der Waals surface area contributed by atoms with Gasteiger partial charge in [-0.3, -0.25) is 4.99 Å². The Morgan fingerprint density at radius 3 is 3.00 bits per heavy atom. The van der Waals surface area contributed by atoms with Crippen LogP contribution in [0.25, 0.3) is 0 Å². The third-order valence-corrected chi connectivity index (χ3v) is 3.59. The molecule has 0 radical (unpaired) electrons. The highest BCUT2D eigenvalue weighted by atomic mass is 79.9. The molecule has 3 heteroatoms. The molecule has 0 spiro atoms. The van der Waals surface area contributed by atoms with Crippen LogP contribution in [-0.4, -0.2) is 11.9 Å². The fourth-order valence-corrected chi connectivity index (χ4v) is 2.43. The second-order valence-electron chi connectivity index (χ2n) is 3.32. The number of allylic oxidation sites excluding steroid dienone is 1. The van der Waals surface area contributed by atoms with Crippen LogP contribution in [-0.2, 0) is 4.32 Å². The van der Waals surface area contributed by atoms with Gasteiger partial charge in [-0.25, -0.2) is 4.99 Å². The first-order valence-corrected chi connectivity index (χ1v) is 5.18. The van der Waals surface area contributed by atoms with Crippen LogP contribution in [0.5, 0.6) is 0 Å². The molecule has 1 unspecified atom stereocenters. The number of nitrogens with zero attached hydrogens (tertiary/aromatic N) is 2. The van der Waals surface area contributed by atoms with Crippen molar-refractivity contribution in [2.75, 3.05) is 0 Å². The van der Waals surface area contributed by atoms with Gasteiger partial charge in [0.1, 0.15) is 4.32 Å². The highest BCUT2D eigenvalue weighted by molar-refractivity contribution is 9.10. The second kappa shape index (κ2) is 2.64. The van der Waals surface area contributed by atoms with Crippen molar-refractivity contribution >= 4 is 33.5 Å². The minimum atomic E-state index is -0.245. The number of rotatable bonds is 0. The van der Waals surface area contributed by atoms with Crippen molar-refractivity contribution in [3.05, 3.63) is 42.1 Å². The fraction of sp³-hybridized carbons (Fsp3) is 0.0909. The molecule has 0 fully saturated rings. The highest BCUT2D eigenvalue weighted by Crippen LogP contribution is 2.46. The fourth-order valence-electron chi connectivity index (χ4n) is 1.79. The topological polar surface area (TPSA) is 24.7 Å². The molecule has 0 saturated heterocycles. The van der Waals surface area contributed by atoms with Gasteiger partial charge in [-0.1, -0.05) is 34.1 Å². The van der Waals surface area contributed by atoms with Gasteiger partial charge >= 0.3 is 0 Å². The number of alkyl halides is 1. The Hall–Kier alpha value is -1.22. The summed E-state index contributed by atoms with van der Waals surface area (Å²) in [5.41, 5.74) is 3.18. The van der Waals surface area contributed by atoms with Crippen LogP contribution < -0.4 is 0 Å². The largest absolute Gasteiger partial charge is 0.263 e. The smallest absolute Gasteiger partial charge is 0.116 e. The van der Waals surface area contributed by atoms with E-state index >= 15 is 0 Å². The standard InChI is InChI=1S/C11H7BrN2/c12-11-5-6-13-7-10(11)14-9-4-2-1-3-8(9)11/h1-7H. The Morgan fingerprint density at radius 2 is 2.07 bits per heavy atom. The van der Waals surface area contributed by atoms with Crippen LogP contribution in [0, 0.1) is 0 Å². The predicted octanol–water partition coefficient (Wildman–Crippen LogP) is 2.96. The molecule has 68 valence electrons. The summed E-state index contributed by atoms with van der Waals surface area (Å²) in [6.45, 7) is 0. The van der Waals surface area contributed by atoms with Crippen molar-refractivity contribution in [2.45, 2.75) is 4.32 Å². The first kappa shape index (κ1) is 8.12. The van der Waals surface area contributed by atoms with Gasteiger partial charge in [0.05, 0.1) is 17.6 Å². The normalized spacial score (nSPS) is 27.1. The van der Waals surface area contributed by atoms with E-state index in [-0.39, 0.29) is 4.32 Å². The average Bonchev–Trinajstić information content (AvgIpc) is 2.51. The molecule has 3 rings (SSSR count). The molecule has 0 aliphatic carbocycles. The summed E-state index contributed by atoms with van der Waals surface area (Å²) in [5, 5.41) is 0. The van der Waals surface area contributed by atoms with Gasteiger partial charge in [0, 0.05) is 11.8 Å². The number of aliphatic imine (C=N–C) groups is 2. The lowest BCUT2D eigenvalue weighted by Crippen LogP contribution is -2.26. The van der Waals surface area contributed by atoms with Gasteiger partial charge in [0.25, 0.3) is 0 Å². The molecule has 0 bridgehead atoms. The van der Waals surface area contributed by atoms with Crippen LogP contribution in [0.1, 0.15) is 5.56 Å². The molecule has 1 atom stereocenters. The monoisotopic (exact) mass is 246 g/mol.